The maximum atomic E-state index is 13.3. The largest absolute Gasteiger partial charge is 0.321 e. The van der Waals surface area contributed by atoms with Crippen LogP contribution in [0.15, 0.2) is 36.4 Å². The molecule has 1 unspecified atom stereocenters. The van der Waals surface area contributed by atoms with Crippen LogP contribution < -0.4 is 5.73 Å². The summed E-state index contributed by atoms with van der Waals surface area (Å²) in [4.78, 5) is 0. The fourth-order valence-corrected chi connectivity index (χ4v) is 3.34. The summed E-state index contributed by atoms with van der Waals surface area (Å²) in [5.41, 5.74) is 8.97. The van der Waals surface area contributed by atoms with Crippen molar-refractivity contribution in [3.63, 3.8) is 0 Å². The van der Waals surface area contributed by atoms with Crippen LogP contribution in [0, 0.1) is 5.82 Å². The predicted molar refractivity (Wildman–Crippen MR) is 80.8 cm³/mol. The number of hydrogen-bond acceptors (Lipinski definition) is 1. The van der Waals surface area contributed by atoms with Gasteiger partial charge in [-0.15, -0.1) is 0 Å². The number of fused-ring (bicyclic) bond motifs is 1. The van der Waals surface area contributed by atoms with Gasteiger partial charge in [-0.25, -0.2) is 4.39 Å². The van der Waals surface area contributed by atoms with Gasteiger partial charge in [0.1, 0.15) is 5.82 Å². The molecule has 2 N–H and O–H groups in total. The van der Waals surface area contributed by atoms with Gasteiger partial charge in [0.2, 0.25) is 0 Å². The molecule has 0 spiro atoms. The Kier molecular flexibility index (Phi) is 3.49. The van der Waals surface area contributed by atoms with Gasteiger partial charge in [-0.05, 0) is 54.2 Å². The molecule has 0 aromatic heterocycles. The van der Waals surface area contributed by atoms with Crippen LogP contribution in [0.2, 0.25) is 10.0 Å². The third kappa shape index (κ3) is 2.32. The third-order valence-electron chi connectivity index (χ3n) is 3.98. The van der Waals surface area contributed by atoms with E-state index in [0.717, 1.165) is 29.5 Å². The Hall–Kier alpha value is -1.09. The molecular weight excluding hydrogens is 296 g/mol. The number of hydrogen-bond donors (Lipinski definition) is 1. The topological polar surface area (TPSA) is 26.0 Å². The number of rotatable bonds is 2. The summed E-state index contributed by atoms with van der Waals surface area (Å²) >= 11 is 12.3. The lowest BCUT2D eigenvalue weighted by molar-refractivity contribution is 0.439. The van der Waals surface area contributed by atoms with Crippen molar-refractivity contribution in [1.29, 1.82) is 0 Å². The molecule has 0 amide bonds. The molecule has 1 nitrogen and oxygen atoms in total. The van der Waals surface area contributed by atoms with Crippen LogP contribution in [-0.2, 0) is 18.4 Å². The second-order valence-corrected chi connectivity index (χ2v) is 6.13. The summed E-state index contributed by atoms with van der Waals surface area (Å²) < 4.78 is 13.3. The molecule has 0 aliphatic heterocycles. The smallest absolute Gasteiger partial charge is 0.123 e. The van der Waals surface area contributed by atoms with Crippen LogP contribution in [0.4, 0.5) is 4.39 Å². The van der Waals surface area contributed by atoms with Crippen LogP contribution in [0.3, 0.4) is 0 Å². The molecular formula is C16H14Cl2FN. The van der Waals surface area contributed by atoms with Crippen molar-refractivity contribution in [2.24, 2.45) is 5.73 Å². The summed E-state index contributed by atoms with van der Waals surface area (Å²) in [7, 11) is 0. The van der Waals surface area contributed by atoms with Crippen LogP contribution in [0.1, 0.15) is 23.1 Å². The maximum absolute atomic E-state index is 13.3. The van der Waals surface area contributed by atoms with Crippen LogP contribution >= 0.6 is 23.2 Å². The van der Waals surface area contributed by atoms with E-state index in [1.807, 2.05) is 12.1 Å². The van der Waals surface area contributed by atoms with Crippen molar-refractivity contribution in [3.8, 4) is 0 Å². The lowest BCUT2D eigenvalue weighted by Gasteiger charge is -2.26. The fourth-order valence-electron chi connectivity index (χ4n) is 2.96. The van der Waals surface area contributed by atoms with E-state index in [1.165, 1.54) is 6.07 Å². The second-order valence-electron chi connectivity index (χ2n) is 5.35. The molecule has 2 aromatic rings. The molecule has 20 heavy (non-hydrogen) atoms. The average molecular weight is 310 g/mol. The highest BCUT2D eigenvalue weighted by Crippen LogP contribution is 2.39. The van der Waals surface area contributed by atoms with Gasteiger partial charge >= 0.3 is 0 Å². The molecule has 104 valence electrons. The molecule has 0 bridgehead atoms. The minimum atomic E-state index is -0.503. The molecule has 0 heterocycles. The van der Waals surface area contributed by atoms with Gasteiger partial charge in [-0.3, -0.25) is 0 Å². The van der Waals surface area contributed by atoms with Crippen molar-refractivity contribution in [2.75, 3.05) is 0 Å². The highest BCUT2D eigenvalue weighted by molar-refractivity contribution is 6.42. The van der Waals surface area contributed by atoms with Crippen LogP contribution in [0.5, 0.6) is 0 Å². The number of halogens is 3. The van der Waals surface area contributed by atoms with Gasteiger partial charge in [0.25, 0.3) is 0 Å². The minimum Gasteiger partial charge on any atom is -0.321 e. The van der Waals surface area contributed by atoms with Gasteiger partial charge in [-0.1, -0.05) is 41.4 Å². The normalized spacial score (nSPS) is 21.0. The first kappa shape index (κ1) is 13.9. The van der Waals surface area contributed by atoms with Crippen molar-refractivity contribution in [3.05, 3.63) is 69.0 Å². The van der Waals surface area contributed by atoms with Gasteiger partial charge in [0.15, 0.2) is 0 Å². The van der Waals surface area contributed by atoms with Crippen molar-refractivity contribution in [2.45, 2.75) is 24.8 Å². The van der Waals surface area contributed by atoms with Crippen molar-refractivity contribution in [1.82, 2.24) is 0 Å². The van der Waals surface area contributed by atoms with Gasteiger partial charge in [-0.2, -0.15) is 0 Å². The Balaban J connectivity index is 1.98. The Morgan fingerprint density at radius 3 is 2.80 bits per heavy atom. The van der Waals surface area contributed by atoms with E-state index < -0.39 is 5.54 Å². The molecule has 0 fully saturated rings. The molecule has 1 aliphatic rings. The summed E-state index contributed by atoms with van der Waals surface area (Å²) in [6.45, 7) is 0. The highest BCUT2D eigenvalue weighted by atomic mass is 35.5. The van der Waals surface area contributed by atoms with Crippen LogP contribution in [-0.4, -0.2) is 0 Å². The molecule has 0 saturated carbocycles. The Bertz CT molecular complexity index is 672. The van der Waals surface area contributed by atoms with E-state index in [0.29, 0.717) is 16.5 Å². The summed E-state index contributed by atoms with van der Waals surface area (Å²) in [6.07, 6.45) is 2.18. The number of aryl methyl sites for hydroxylation is 1. The third-order valence-corrected chi connectivity index (χ3v) is 4.84. The second kappa shape index (κ2) is 5.03. The van der Waals surface area contributed by atoms with Gasteiger partial charge in [0, 0.05) is 5.54 Å². The molecule has 0 radical (unpaired) electrons. The first-order valence-electron chi connectivity index (χ1n) is 6.50. The van der Waals surface area contributed by atoms with Gasteiger partial charge < -0.3 is 5.73 Å². The molecule has 3 rings (SSSR count). The van der Waals surface area contributed by atoms with Gasteiger partial charge in [0.05, 0.1) is 10.0 Å². The Morgan fingerprint density at radius 2 is 2.00 bits per heavy atom. The van der Waals surface area contributed by atoms with E-state index in [-0.39, 0.29) is 5.82 Å². The lowest BCUT2D eigenvalue weighted by Crippen LogP contribution is -2.36. The number of nitrogens with two attached hydrogens (primary N) is 1. The first-order chi connectivity index (χ1) is 9.49. The summed E-state index contributed by atoms with van der Waals surface area (Å²) in [6, 6.07) is 10.4. The average Bonchev–Trinajstić information content (AvgIpc) is 2.72. The molecule has 0 saturated heterocycles. The Morgan fingerprint density at radius 1 is 1.20 bits per heavy atom. The molecule has 4 heteroatoms. The van der Waals surface area contributed by atoms with Crippen molar-refractivity contribution < 1.29 is 4.39 Å². The number of benzene rings is 2. The van der Waals surface area contributed by atoms with E-state index in [2.05, 4.69) is 0 Å². The van der Waals surface area contributed by atoms with E-state index in [1.54, 1.807) is 18.2 Å². The predicted octanol–water partition coefficient (Wildman–Crippen LogP) is 4.48. The standard InChI is InChI=1S/C16H14Cl2FN/c17-14-3-1-2-11(15(14)18)9-16(20)7-6-10-8-12(19)4-5-13(10)16/h1-5,8H,6-7,9,20H2. The molecule has 1 aliphatic carbocycles. The zero-order valence-corrected chi connectivity index (χ0v) is 12.3. The lowest BCUT2D eigenvalue weighted by atomic mass is 9.86. The quantitative estimate of drug-likeness (QED) is 0.870. The van der Waals surface area contributed by atoms with Crippen LogP contribution in [0.25, 0.3) is 0 Å². The molecule has 1 atom stereocenters. The Labute approximate surface area is 127 Å². The maximum Gasteiger partial charge on any atom is 0.123 e. The zero-order chi connectivity index (χ0) is 14.3. The summed E-state index contributed by atoms with van der Waals surface area (Å²) in [5, 5.41) is 1.08. The molecule has 2 aromatic carbocycles. The zero-order valence-electron chi connectivity index (χ0n) is 10.8. The summed E-state index contributed by atoms with van der Waals surface area (Å²) in [5.74, 6) is -0.214. The van der Waals surface area contributed by atoms with E-state index in [4.69, 9.17) is 28.9 Å². The SMILES string of the molecule is NC1(Cc2cccc(Cl)c2Cl)CCc2cc(F)ccc21. The monoisotopic (exact) mass is 309 g/mol. The first-order valence-corrected chi connectivity index (χ1v) is 7.26. The minimum absolute atomic E-state index is 0.214. The van der Waals surface area contributed by atoms with Crippen molar-refractivity contribution >= 4 is 23.2 Å². The van der Waals surface area contributed by atoms with E-state index >= 15 is 0 Å². The van der Waals surface area contributed by atoms with E-state index in [9.17, 15) is 4.39 Å². The fraction of sp³-hybridized carbons (Fsp3) is 0.250. The highest BCUT2D eigenvalue weighted by Gasteiger charge is 2.35.